The number of rotatable bonds is 12. The highest BCUT2D eigenvalue weighted by Gasteiger charge is 2.56. The maximum atomic E-state index is 14.0. The molecule has 4 rings (SSSR count). The zero-order chi connectivity index (χ0) is 35.3. The van der Waals surface area contributed by atoms with Crippen molar-refractivity contribution in [3.8, 4) is 5.75 Å². The number of methoxy groups -OCH3 is 3. The Morgan fingerprint density at radius 1 is 0.854 bits per heavy atom. The van der Waals surface area contributed by atoms with E-state index in [-0.39, 0.29) is 24.6 Å². The second-order valence-corrected chi connectivity index (χ2v) is 19.4. The van der Waals surface area contributed by atoms with E-state index in [1.165, 1.54) is 37.5 Å². The van der Waals surface area contributed by atoms with Gasteiger partial charge in [-0.3, -0.25) is 4.90 Å². The average Bonchev–Trinajstić information content (AvgIpc) is 3.46. The SMILES string of the molecule is COC(=O)[C@H]1[C@@H](N(Cc2ccc(OC)cc2)S(=O)(=O)N(C)C)C[C@@H](CO[Si](c2ccccc2)(c2ccccc2)C(C)(C)C)N1C(=O)OC. The number of carbonyl (C=O) groups excluding carboxylic acids is 2. The van der Waals surface area contributed by atoms with Crippen molar-refractivity contribution >= 4 is 41.0 Å². The van der Waals surface area contributed by atoms with Crippen molar-refractivity contribution in [2.45, 2.75) is 56.9 Å². The largest absolute Gasteiger partial charge is 0.497 e. The summed E-state index contributed by atoms with van der Waals surface area (Å²) in [4.78, 5) is 28.4. The van der Waals surface area contributed by atoms with Crippen molar-refractivity contribution < 1.29 is 36.6 Å². The van der Waals surface area contributed by atoms with E-state index in [0.29, 0.717) is 11.3 Å². The first-order chi connectivity index (χ1) is 22.7. The van der Waals surface area contributed by atoms with E-state index < -0.39 is 48.7 Å². The number of likely N-dealkylation sites (tertiary alicyclic amines) is 1. The van der Waals surface area contributed by atoms with Crippen molar-refractivity contribution in [1.82, 2.24) is 13.5 Å². The van der Waals surface area contributed by atoms with Crippen molar-refractivity contribution in [1.29, 1.82) is 0 Å². The first kappa shape index (κ1) is 37.1. The van der Waals surface area contributed by atoms with Crippen LogP contribution >= 0.6 is 0 Å². The van der Waals surface area contributed by atoms with Crippen molar-refractivity contribution in [3.63, 3.8) is 0 Å². The lowest BCUT2D eigenvalue weighted by atomic mass is 10.1. The first-order valence-electron chi connectivity index (χ1n) is 15.7. The molecule has 260 valence electrons. The van der Waals surface area contributed by atoms with Gasteiger partial charge < -0.3 is 18.6 Å². The Hall–Kier alpha value is -3.75. The number of benzene rings is 3. The quantitative estimate of drug-likeness (QED) is 0.208. The molecule has 0 unspecified atom stereocenters. The Morgan fingerprint density at radius 3 is 1.83 bits per heavy atom. The van der Waals surface area contributed by atoms with E-state index >= 15 is 0 Å². The van der Waals surface area contributed by atoms with Crippen LogP contribution in [0.1, 0.15) is 32.8 Å². The van der Waals surface area contributed by atoms with Crippen LogP contribution in [0.15, 0.2) is 84.9 Å². The molecular weight excluding hydrogens is 651 g/mol. The fraction of sp³-hybridized carbons (Fsp3) is 0.429. The molecule has 1 aliphatic heterocycles. The lowest BCUT2D eigenvalue weighted by Gasteiger charge is -2.44. The monoisotopic (exact) mass is 697 g/mol. The third-order valence-corrected chi connectivity index (χ3v) is 15.9. The molecular formula is C35H47N3O8SSi. The number of amides is 1. The number of hydrogen-bond donors (Lipinski definition) is 0. The minimum absolute atomic E-state index is 0.0186. The van der Waals surface area contributed by atoms with Gasteiger partial charge in [-0.2, -0.15) is 17.0 Å². The predicted molar refractivity (Wildman–Crippen MR) is 187 cm³/mol. The average molecular weight is 698 g/mol. The molecule has 0 spiro atoms. The molecule has 1 aliphatic rings. The van der Waals surface area contributed by atoms with Crippen LogP contribution in [0, 0.1) is 0 Å². The lowest BCUT2D eigenvalue weighted by molar-refractivity contribution is -0.147. The second kappa shape index (κ2) is 15.2. The second-order valence-electron chi connectivity index (χ2n) is 13.0. The topological polar surface area (TPSA) is 115 Å². The zero-order valence-corrected chi connectivity index (χ0v) is 30.8. The van der Waals surface area contributed by atoms with Crippen molar-refractivity contribution in [2.75, 3.05) is 42.0 Å². The number of ether oxygens (including phenoxy) is 3. The summed E-state index contributed by atoms with van der Waals surface area (Å²) in [5.74, 6) is -0.140. The van der Waals surface area contributed by atoms with Crippen molar-refractivity contribution in [2.24, 2.45) is 0 Å². The summed E-state index contributed by atoms with van der Waals surface area (Å²) >= 11 is 0. The third kappa shape index (κ3) is 7.30. The van der Waals surface area contributed by atoms with Gasteiger partial charge in [0.15, 0.2) is 0 Å². The van der Waals surface area contributed by atoms with Gasteiger partial charge in [0, 0.05) is 20.6 Å². The molecule has 1 saturated heterocycles. The molecule has 11 nitrogen and oxygen atoms in total. The van der Waals surface area contributed by atoms with Gasteiger partial charge in [0.25, 0.3) is 18.5 Å². The molecule has 48 heavy (non-hydrogen) atoms. The van der Waals surface area contributed by atoms with Gasteiger partial charge in [-0.1, -0.05) is 93.6 Å². The highest BCUT2D eigenvalue weighted by molar-refractivity contribution is 7.86. The first-order valence-corrected chi connectivity index (χ1v) is 19.0. The molecule has 0 saturated carbocycles. The Morgan fingerprint density at radius 2 is 1.40 bits per heavy atom. The molecule has 3 aromatic carbocycles. The Balaban J connectivity index is 1.84. The molecule has 1 heterocycles. The van der Waals surface area contributed by atoms with Crippen LogP contribution in [0.25, 0.3) is 0 Å². The molecule has 1 amide bonds. The third-order valence-electron chi connectivity index (χ3n) is 8.93. The lowest BCUT2D eigenvalue weighted by Crippen LogP contribution is -2.67. The summed E-state index contributed by atoms with van der Waals surface area (Å²) < 4.78 is 53.2. The summed E-state index contributed by atoms with van der Waals surface area (Å²) in [6.45, 7) is 6.38. The molecule has 0 radical (unpaired) electrons. The van der Waals surface area contributed by atoms with E-state index in [4.69, 9.17) is 18.6 Å². The molecule has 0 N–H and O–H groups in total. The van der Waals surface area contributed by atoms with E-state index in [1.807, 2.05) is 36.4 Å². The van der Waals surface area contributed by atoms with E-state index in [9.17, 15) is 18.0 Å². The van der Waals surface area contributed by atoms with Crippen LogP contribution in [0.3, 0.4) is 0 Å². The fourth-order valence-corrected chi connectivity index (χ4v) is 12.5. The van der Waals surface area contributed by atoms with Gasteiger partial charge in [0.1, 0.15) is 11.8 Å². The van der Waals surface area contributed by atoms with Crippen LogP contribution in [-0.2, 0) is 35.4 Å². The Bertz CT molecular complexity index is 1590. The maximum Gasteiger partial charge on any atom is 0.410 e. The summed E-state index contributed by atoms with van der Waals surface area (Å²) in [5.41, 5.74) is 0.668. The molecule has 0 aromatic heterocycles. The fourth-order valence-electron chi connectivity index (χ4n) is 6.59. The number of carbonyl (C=O) groups is 2. The van der Waals surface area contributed by atoms with E-state index in [1.54, 1.807) is 31.4 Å². The van der Waals surface area contributed by atoms with Crippen LogP contribution in [-0.4, -0.2) is 102 Å². The molecule has 3 aromatic rings. The molecule has 3 atom stereocenters. The number of nitrogens with zero attached hydrogens (tertiary/aromatic N) is 3. The van der Waals surface area contributed by atoms with Gasteiger partial charge in [0.2, 0.25) is 0 Å². The van der Waals surface area contributed by atoms with Gasteiger partial charge in [-0.05, 0) is 39.5 Å². The summed E-state index contributed by atoms with van der Waals surface area (Å²) in [5, 5.41) is 1.73. The van der Waals surface area contributed by atoms with Crippen molar-refractivity contribution in [3.05, 3.63) is 90.5 Å². The standard InChI is InChI=1S/C35H47N3O8SSi/c1-35(2,3)48(29-15-11-9-12-16-29,30-17-13-10-14-18-30)46-25-27-23-31(32(33(39)44-7)38(27)34(40)45-8)37(47(41,42)36(4)5)24-26-19-21-28(43-6)22-20-26/h9-22,27,31-32H,23-25H2,1-8H3/t27-,31-,32+/m0/s1. The van der Waals surface area contributed by atoms with E-state index in [0.717, 1.165) is 14.7 Å². The van der Waals surface area contributed by atoms with Crippen LogP contribution in [0.2, 0.25) is 5.04 Å². The highest BCUT2D eigenvalue weighted by Crippen LogP contribution is 2.39. The van der Waals surface area contributed by atoms with Gasteiger partial charge in [-0.25, -0.2) is 9.59 Å². The Kier molecular flexibility index (Phi) is 11.7. The van der Waals surface area contributed by atoms with Crippen LogP contribution < -0.4 is 15.1 Å². The van der Waals surface area contributed by atoms with Crippen LogP contribution in [0.4, 0.5) is 4.79 Å². The van der Waals surface area contributed by atoms with Crippen LogP contribution in [0.5, 0.6) is 5.75 Å². The minimum atomic E-state index is -4.13. The number of hydrogen-bond acceptors (Lipinski definition) is 8. The minimum Gasteiger partial charge on any atom is -0.497 e. The maximum absolute atomic E-state index is 14.0. The molecule has 0 bridgehead atoms. The van der Waals surface area contributed by atoms with Gasteiger partial charge in [0.05, 0.1) is 40.0 Å². The number of esters is 1. The predicted octanol–water partition coefficient (Wildman–Crippen LogP) is 3.63. The summed E-state index contributed by atoms with van der Waals surface area (Å²) in [6, 6.07) is 24.1. The highest BCUT2D eigenvalue weighted by atomic mass is 32.2. The molecule has 13 heteroatoms. The normalized spacial score (nSPS) is 18.6. The molecule has 0 aliphatic carbocycles. The zero-order valence-electron chi connectivity index (χ0n) is 29.0. The molecule has 1 fully saturated rings. The van der Waals surface area contributed by atoms with E-state index in [2.05, 4.69) is 45.0 Å². The Labute approximate surface area is 285 Å². The summed E-state index contributed by atoms with van der Waals surface area (Å²) in [6.07, 6.45) is -0.688. The summed E-state index contributed by atoms with van der Waals surface area (Å²) in [7, 11) is -0.336. The smallest absolute Gasteiger partial charge is 0.410 e. The van der Waals surface area contributed by atoms with Gasteiger partial charge in [-0.15, -0.1) is 0 Å². The van der Waals surface area contributed by atoms with Gasteiger partial charge >= 0.3 is 12.1 Å².